The molecule has 0 fully saturated rings. The predicted molar refractivity (Wildman–Crippen MR) is 187 cm³/mol. The summed E-state index contributed by atoms with van der Waals surface area (Å²) in [6.07, 6.45) is 2.31. The second-order valence-electron chi connectivity index (χ2n) is 13.8. The van der Waals surface area contributed by atoms with Gasteiger partial charge in [-0.3, -0.25) is 14.3 Å². The zero-order valence-corrected chi connectivity index (χ0v) is 30.3. The van der Waals surface area contributed by atoms with Crippen LogP contribution in [0.1, 0.15) is 51.4 Å². The van der Waals surface area contributed by atoms with E-state index in [9.17, 15) is 19.5 Å². The molecule has 2 heterocycles. The van der Waals surface area contributed by atoms with Crippen molar-refractivity contribution in [2.45, 2.75) is 77.9 Å². The smallest absolute Gasteiger partial charge is 0.341 e. The molecule has 0 unspecified atom stereocenters. The zero-order chi connectivity index (χ0) is 35.2. The zero-order valence-electron chi connectivity index (χ0n) is 28.5. The molecule has 3 aromatic rings. The number of hydrogen-bond donors (Lipinski definition) is 2. The monoisotopic (exact) mass is 696 g/mol. The van der Waals surface area contributed by atoms with Crippen molar-refractivity contribution < 1.29 is 33.4 Å². The summed E-state index contributed by atoms with van der Waals surface area (Å²) in [7, 11) is -2.21. The van der Waals surface area contributed by atoms with Crippen molar-refractivity contribution in [1.82, 2.24) is 14.7 Å². The number of halogens is 1. The van der Waals surface area contributed by atoms with Crippen LogP contribution >= 0.6 is 11.6 Å². The maximum absolute atomic E-state index is 13.5. The standard InChI is InChI=1S/C35H45ClN4O7Si/c1-23(2)18-28(40-21-25(19-32(40)42)46-30-15-11-9-13-27(30)36)33(43)37-31-16-17-39(38-31)20-24(41)22-45-34(44)26-12-8-10-14-29(26)47-48(6,7)35(3,4)5/h8-17,19,23-24,28,41H,18,20-22H2,1-7H3,(H,37,38,43)/t24-,28+/m1/s1. The fourth-order valence-corrected chi connectivity index (χ4v) is 5.95. The number of carbonyl (C=O) groups is 3. The number of amides is 2. The van der Waals surface area contributed by atoms with E-state index in [0.717, 1.165) is 0 Å². The molecule has 0 radical (unpaired) electrons. The summed E-state index contributed by atoms with van der Waals surface area (Å²) in [4.78, 5) is 40.8. The third kappa shape index (κ3) is 9.48. The highest BCUT2D eigenvalue weighted by atomic mass is 35.5. The summed E-state index contributed by atoms with van der Waals surface area (Å²) in [5, 5.41) is 18.1. The first-order chi connectivity index (χ1) is 22.5. The van der Waals surface area contributed by atoms with E-state index in [1.165, 1.54) is 15.7 Å². The molecular weight excluding hydrogens is 652 g/mol. The Balaban J connectivity index is 1.33. The molecule has 13 heteroatoms. The predicted octanol–water partition coefficient (Wildman–Crippen LogP) is 6.30. The summed E-state index contributed by atoms with van der Waals surface area (Å²) >= 11 is 6.21. The van der Waals surface area contributed by atoms with Gasteiger partial charge in [-0.2, -0.15) is 5.10 Å². The molecule has 0 aliphatic carbocycles. The number of carbonyl (C=O) groups excluding carboxylic acids is 3. The molecule has 2 N–H and O–H groups in total. The molecule has 48 heavy (non-hydrogen) atoms. The van der Waals surface area contributed by atoms with Crippen molar-refractivity contribution in [3.63, 3.8) is 0 Å². The average Bonchev–Trinajstić information content (AvgIpc) is 3.60. The minimum Gasteiger partial charge on any atom is -0.543 e. The Morgan fingerprint density at radius 1 is 1.06 bits per heavy atom. The Labute approximate surface area is 287 Å². The summed E-state index contributed by atoms with van der Waals surface area (Å²) < 4.78 is 19.1. The Hall–Kier alpha value is -4.13. The van der Waals surface area contributed by atoms with Gasteiger partial charge in [-0.05, 0) is 54.7 Å². The first kappa shape index (κ1) is 36.7. The second kappa shape index (κ2) is 15.4. The molecule has 1 aliphatic rings. The number of nitrogens with one attached hydrogen (secondary N) is 1. The number of esters is 1. The fraction of sp³-hybridized carbons (Fsp3) is 0.429. The van der Waals surface area contributed by atoms with Gasteiger partial charge in [0.2, 0.25) is 5.91 Å². The summed E-state index contributed by atoms with van der Waals surface area (Å²) in [5.41, 5.74) is 0.295. The van der Waals surface area contributed by atoms with E-state index >= 15 is 0 Å². The summed E-state index contributed by atoms with van der Waals surface area (Å²) in [6.45, 7) is 14.3. The number of ether oxygens (including phenoxy) is 2. The van der Waals surface area contributed by atoms with Gasteiger partial charge in [-0.15, -0.1) is 0 Å². The van der Waals surface area contributed by atoms with Gasteiger partial charge in [-0.1, -0.05) is 70.5 Å². The van der Waals surface area contributed by atoms with Crippen molar-refractivity contribution >= 4 is 43.5 Å². The van der Waals surface area contributed by atoms with Crippen molar-refractivity contribution in [2.75, 3.05) is 18.5 Å². The number of rotatable bonds is 14. The molecule has 258 valence electrons. The highest BCUT2D eigenvalue weighted by Gasteiger charge is 2.40. The van der Waals surface area contributed by atoms with Gasteiger partial charge in [0.1, 0.15) is 41.6 Å². The van der Waals surface area contributed by atoms with Crippen LogP contribution in [0.15, 0.2) is 72.6 Å². The molecule has 2 atom stereocenters. The Morgan fingerprint density at radius 2 is 1.73 bits per heavy atom. The third-order valence-electron chi connectivity index (χ3n) is 8.32. The lowest BCUT2D eigenvalue weighted by atomic mass is 10.0. The van der Waals surface area contributed by atoms with Crippen LogP contribution in [0, 0.1) is 5.92 Å². The lowest BCUT2D eigenvalue weighted by Crippen LogP contribution is -2.46. The van der Waals surface area contributed by atoms with Crippen LogP contribution in [0.3, 0.4) is 0 Å². The largest absolute Gasteiger partial charge is 0.543 e. The minimum absolute atomic E-state index is 0.0119. The second-order valence-corrected chi connectivity index (χ2v) is 18.9. The van der Waals surface area contributed by atoms with Gasteiger partial charge in [-0.25, -0.2) is 4.79 Å². The number of aromatic nitrogens is 2. The third-order valence-corrected chi connectivity index (χ3v) is 13.0. The first-order valence-electron chi connectivity index (χ1n) is 15.9. The van der Waals surface area contributed by atoms with Gasteiger partial charge in [0.15, 0.2) is 5.82 Å². The topological polar surface area (TPSA) is 132 Å². The number of para-hydroxylation sites is 2. The van der Waals surface area contributed by atoms with Gasteiger partial charge in [0.25, 0.3) is 14.2 Å². The minimum atomic E-state index is -2.21. The molecule has 0 saturated carbocycles. The van der Waals surface area contributed by atoms with Crippen LogP contribution in [0.2, 0.25) is 23.2 Å². The van der Waals surface area contributed by atoms with E-state index in [1.54, 1.807) is 60.8 Å². The molecule has 0 bridgehead atoms. The van der Waals surface area contributed by atoms with Crippen LogP contribution in [0.4, 0.5) is 5.82 Å². The number of aliphatic hydroxyl groups excluding tert-OH is 1. The molecule has 4 rings (SSSR count). The molecule has 0 saturated heterocycles. The van der Waals surface area contributed by atoms with E-state index in [0.29, 0.717) is 34.3 Å². The van der Waals surface area contributed by atoms with Crippen LogP contribution in [-0.2, 0) is 20.9 Å². The van der Waals surface area contributed by atoms with Crippen LogP contribution in [-0.4, -0.2) is 71.2 Å². The van der Waals surface area contributed by atoms with Crippen LogP contribution < -0.4 is 14.5 Å². The van der Waals surface area contributed by atoms with Gasteiger partial charge >= 0.3 is 5.97 Å². The Bertz CT molecular complexity index is 1650. The van der Waals surface area contributed by atoms with E-state index in [2.05, 4.69) is 44.3 Å². The molecule has 0 spiro atoms. The average molecular weight is 697 g/mol. The molecule has 1 aromatic heterocycles. The Morgan fingerprint density at radius 3 is 2.40 bits per heavy atom. The fourth-order valence-electron chi connectivity index (χ4n) is 4.74. The van der Waals surface area contributed by atoms with Crippen molar-refractivity contribution in [3.8, 4) is 11.5 Å². The lowest BCUT2D eigenvalue weighted by Gasteiger charge is -2.36. The van der Waals surface area contributed by atoms with Crippen molar-refractivity contribution in [3.05, 3.63) is 83.2 Å². The van der Waals surface area contributed by atoms with E-state index < -0.39 is 32.3 Å². The SMILES string of the molecule is CC(C)C[C@@H](C(=O)Nc1ccn(C[C@@H](O)COC(=O)c2ccccc2O[Si](C)(C)C(C)(C)C)n1)N1CC(Oc2ccccc2Cl)=CC1=O. The number of nitrogens with zero attached hydrogens (tertiary/aromatic N) is 3. The number of hydrogen-bond acceptors (Lipinski definition) is 8. The number of aliphatic hydroxyl groups is 1. The van der Waals surface area contributed by atoms with E-state index in [1.807, 2.05) is 13.8 Å². The maximum atomic E-state index is 13.5. The molecule has 1 aliphatic heterocycles. The van der Waals surface area contributed by atoms with Gasteiger partial charge in [0.05, 0.1) is 18.1 Å². The molecule has 2 aromatic carbocycles. The van der Waals surface area contributed by atoms with Crippen LogP contribution in [0.25, 0.3) is 0 Å². The number of benzene rings is 2. The normalized spacial score (nSPS) is 14.8. The molecule has 11 nitrogen and oxygen atoms in total. The van der Waals surface area contributed by atoms with Crippen molar-refractivity contribution in [2.24, 2.45) is 5.92 Å². The maximum Gasteiger partial charge on any atom is 0.341 e. The Kier molecular flexibility index (Phi) is 11.8. The summed E-state index contributed by atoms with van der Waals surface area (Å²) in [5.74, 6) is 0.304. The van der Waals surface area contributed by atoms with E-state index in [4.69, 9.17) is 25.5 Å². The van der Waals surface area contributed by atoms with E-state index in [-0.39, 0.29) is 42.4 Å². The quantitative estimate of drug-likeness (QED) is 0.148. The van der Waals surface area contributed by atoms with Gasteiger partial charge < -0.3 is 29.2 Å². The first-order valence-corrected chi connectivity index (χ1v) is 19.2. The number of anilines is 1. The molecule has 2 amide bonds. The molecular formula is C35H45ClN4O7Si. The highest BCUT2D eigenvalue weighted by Crippen LogP contribution is 2.38. The summed E-state index contributed by atoms with van der Waals surface area (Å²) in [6, 6.07) is 14.7. The van der Waals surface area contributed by atoms with Crippen LogP contribution in [0.5, 0.6) is 11.5 Å². The van der Waals surface area contributed by atoms with Gasteiger partial charge in [0, 0.05) is 18.3 Å². The highest BCUT2D eigenvalue weighted by molar-refractivity contribution is 6.74. The lowest BCUT2D eigenvalue weighted by molar-refractivity contribution is -0.133. The van der Waals surface area contributed by atoms with Crippen molar-refractivity contribution in [1.29, 1.82) is 0 Å².